The molecular formula is C13H18N2O. The molecule has 3 nitrogen and oxygen atoms in total. The molecule has 0 aromatic heterocycles. The number of amides is 1. The third kappa shape index (κ3) is 2.42. The number of carbonyl (C=O) groups is 1. The van der Waals surface area contributed by atoms with Gasteiger partial charge in [0.15, 0.2) is 0 Å². The van der Waals surface area contributed by atoms with Crippen LogP contribution in [0.1, 0.15) is 41.1 Å². The monoisotopic (exact) mass is 218 g/mol. The van der Waals surface area contributed by atoms with Gasteiger partial charge in [0.05, 0.1) is 0 Å². The predicted molar refractivity (Wildman–Crippen MR) is 64.4 cm³/mol. The maximum Gasteiger partial charge on any atom is 0.248 e. The minimum Gasteiger partial charge on any atom is -0.366 e. The van der Waals surface area contributed by atoms with Crippen molar-refractivity contribution in [1.29, 1.82) is 0 Å². The standard InChI is InChI=1S/C13H18N2O/c14-13(16)12-7-2-1-6-11(12)10-5-3-4-8-15-9-10/h1-2,6-7,10,15H,3-5,8-9H2,(H2,14,16). The van der Waals surface area contributed by atoms with Crippen molar-refractivity contribution < 1.29 is 4.79 Å². The molecule has 2 rings (SSSR count). The second kappa shape index (κ2) is 5.12. The quantitative estimate of drug-likeness (QED) is 0.793. The summed E-state index contributed by atoms with van der Waals surface area (Å²) in [5.74, 6) is 0.103. The molecule has 16 heavy (non-hydrogen) atoms. The Morgan fingerprint density at radius 2 is 2.12 bits per heavy atom. The van der Waals surface area contributed by atoms with E-state index in [1.165, 1.54) is 12.8 Å². The molecule has 0 saturated carbocycles. The van der Waals surface area contributed by atoms with Gasteiger partial charge in [-0.05, 0) is 36.9 Å². The van der Waals surface area contributed by atoms with Gasteiger partial charge >= 0.3 is 0 Å². The lowest BCUT2D eigenvalue weighted by atomic mass is 9.90. The van der Waals surface area contributed by atoms with Crippen molar-refractivity contribution in [3.05, 3.63) is 35.4 Å². The van der Waals surface area contributed by atoms with Crippen LogP contribution in [0, 0.1) is 0 Å². The third-order valence-corrected chi connectivity index (χ3v) is 3.21. The fourth-order valence-electron chi connectivity index (χ4n) is 2.36. The van der Waals surface area contributed by atoms with Gasteiger partial charge in [-0.3, -0.25) is 4.79 Å². The van der Waals surface area contributed by atoms with Gasteiger partial charge in [0.1, 0.15) is 0 Å². The zero-order valence-electron chi connectivity index (χ0n) is 9.41. The Labute approximate surface area is 96.0 Å². The average molecular weight is 218 g/mol. The van der Waals surface area contributed by atoms with E-state index in [4.69, 9.17) is 5.73 Å². The fraction of sp³-hybridized carbons (Fsp3) is 0.462. The lowest BCUT2D eigenvalue weighted by molar-refractivity contribution is 0.0999. The van der Waals surface area contributed by atoms with Crippen LogP contribution in [0.5, 0.6) is 0 Å². The van der Waals surface area contributed by atoms with Crippen molar-refractivity contribution in [2.24, 2.45) is 5.73 Å². The molecule has 1 amide bonds. The Hall–Kier alpha value is -1.35. The summed E-state index contributed by atoms with van der Waals surface area (Å²) in [5, 5.41) is 3.41. The first-order chi connectivity index (χ1) is 7.79. The van der Waals surface area contributed by atoms with E-state index in [2.05, 4.69) is 5.32 Å². The molecule has 0 bridgehead atoms. The molecule has 3 heteroatoms. The molecule has 1 atom stereocenters. The smallest absolute Gasteiger partial charge is 0.248 e. The molecule has 0 spiro atoms. The van der Waals surface area contributed by atoms with Crippen LogP contribution in [0.2, 0.25) is 0 Å². The highest BCUT2D eigenvalue weighted by atomic mass is 16.1. The number of rotatable bonds is 2. The molecule has 0 aliphatic carbocycles. The SMILES string of the molecule is NC(=O)c1ccccc1C1CCCCNC1. The molecule has 1 heterocycles. The van der Waals surface area contributed by atoms with Crippen LogP contribution < -0.4 is 11.1 Å². The minimum absolute atomic E-state index is 0.320. The number of nitrogens with two attached hydrogens (primary N) is 1. The lowest BCUT2D eigenvalue weighted by Gasteiger charge is -2.17. The highest BCUT2D eigenvalue weighted by Gasteiger charge is 2.18. The van der Waals surface area contributed by atoms with E-state index in [1.54, 1.807) is 0 Å². The Balaban J connectivity index is 2.27. The van der Waals surface area contributed by atoms with Crippen LogP contribution in [-0.4, -0.2) is 19.0 Å². The van der Waals surface area contributed by atoms with Crippen LogP contribution in [0.3, 0.4) is 0 Å². The number of hydrogen-bond donors (Lipinski definition) is 2. The Kier molecular flexibility index (Phi) is 3.57. The molecule has 1 aliphatic heterocycles. The molecule has 0 radical (unpaired) electrons. The second-order valence-electron chi connectivity index (χ2n) is 4.35. The van der Waals surface area contributed by atoms with Crippen molar-refractivity contribution in [3.8, 4) is 0 Å². The van der Waals surface area contributed by atoms with Gasteiger partial charge in [-0.1, -0.05) is 24.6 Å². The van der Waals surface area contributed by atoms with Crippen molar-refractivity contribution in [1.82, 2.24) is 5.32 Å². The Morgan fingerprint density at radius 1 is 1.31 bits per heavy atom. The second-order valence-corrected chi connectivity index (χ2v) is 4.35. The van der Waals surface area contributed by atoms with E-state index < -0.39 is 0 Å². The zero-order valence-corrected chi connectivity index (χ0v) is 9.41. The summed E-state index contributed by atoms with van der Waals surface area (Å²) in [5.41, 5.74) is 7.18. The summed E-state index contributed by atoms with van der Waals surface area (Å²) in [6, 6.07) is 7.70. The molecule has 86 valence electrons. The predicted octanol–water partition coefficient (Wildman–Crippen LogP) is 1.64. The van der Waals surface area contributed by atoms with Gasteiger partial charge in [0.25, 0.3) is 0 Å². The van der Waals surface area contributed by atoms with E-state index in [0.717, 1.165) is 25.1 Å². The molecule has 3 N–H and O–H groups in total. The molecule has 1 aromatic carbocycles. The van der Waals surface area contributed by atoms with Crippen LogP contribution in [-0.2, 0) is 0 Å². The number of benzene rings is 1. The number of hydrogen-bond acceptors (Lipinski definition) is 2. The van der Waals surface area contributed by atoms with Gasteiger partial charge < -0.3 is 11.1 Å². The largest absolute Gasteiger partial charge is 0.366 e. The molecule has 1 aliphatic rings. The van der Waals surface area contributed by atoms with E-state index >= 15 is 0 Å². The molecule has 1 fully saturated rings. The number of nitrogens with one attached hydrogen (secondary N) is 1. The first-order valence-corrected chi connectivity index (χ1v) is 5.88. The normalized spacial score (nSPS) is 21.4. The third-order valence-electron chi connectivity index (χ3n) is 3.21. The van der Waals surface area contributed by atoms with Gasteiger partial charge in [0, 0.05) is 12.1 Å². The van der Waals surface area contributed by atoms with Crippen LogP contribution in [0.15, 0.2) is 24.3 Å². The summed E-state index contributed by atoms with van der Waals surface area (Å²) >= 11 is 0. The zero-order chi connectivity index (χ0) is 11.4. The van der Waals surface area contributed by atoms with Crippen molar-refractivity contribution in [2.45, 2.75) is 25.2 Å². The average Bonchev–Trinajstić information content (AvgIpc) is 2.57. The highest BCUT2D eigenvalue weighted by Crippen LogP contribution is 2.26. The molecule has 1 saturated heterocycles. The fourth-order valence-corrected chi connectivity index (χ4v) is 2.36. The summed E-state index contributed by atoms with van der Waals surface area (Å²) in [6.45, 7) is 2.03. The molecule has 1 unspecified atom stereocenters. The first kappa shape index (κ1) is 11.1. The van der Waals surface area contributed by atoms with Gasteiger partial charge in [-0.2, -0.15) is 0 Å². The van der Waals surface area contributed by atoms with Crippen LogP contribution >= 0.6 is 0 Å². The summed E-state index contributed by atoms with van der Waals surface area (Å²) in [6.07, 6.45) is 3.57. The Bertz CT molecular complexity index is 368. The van der Waals surface area contributed by atoms with E-state index in [1.807, 2.05) is 24.3 Å². The van der Waals surface area contributed by atoms with Crippen LogP contribution in [0.4, 0.5) is 0 Å². The van der Waals surface area contributed by atoms with Gasteiger partial charge in [-0.15, -0.1) is 0 Å². The van der Waals surface area contributed by atoms with Crippen molar-refractivity contribution in [2.75, 3.05) is 13.1 Å². The minimum atomic E-state index is -0.320. The van der Waals surface area contributed by atoms with E-state index in [0.29, 0.717) is 11.5 Å². The number of carbonyl (C=O) groups excluding carboxylic acids is 1. The highest BCUT2D eigenvalue weighted by molar-refractivity contribution is 5.94. The summed E-state index contributed by atoms with van der Waals surface area (Å²) < 4.78 is 0. The maximum atomic E-state index is 11.4. The van der Waals surface area contributed by atoms with Crippen molar-refractivity contribution in [3.63, 3.8) is 0 Å². The van der Waals surface area contributed by atoms with Gasteiger partial charge in [0.2, 0.25) is 5.91 Å². The number of primary amides is 1. The van der Waals surface area contributed by atoms with Crippen LogP contribution in [0.25, 0.3) is 0 Å². The maximum absolute atomic E-state index is 11.4. The molecule has 1 aromatic rings. The Morgan fingerprint density at radius 3 is 2.94 bits per heavy atom. The van der Waals surface area contributed by atoms with Gasteiger partial charge in [-0.25, -0.2) is 0 Å². The van der Waals surface area contributed by atoms with E-state index in [-0.39, 0.29) is 5.91 Å². The summed E-state index contributed by atoms with van der Waals surface area (Å²) in [7, 11) is 0. The molecular weight excluding hydrogens is 200 g/mol. The lowest BCUT2D eigenvalue weighted by Crippen LogP contribution is -2.22. The summed E-state index contributed by atoms with van der Waals surface area (Å²) in [4.78, 5) is 11.4. The van der Waals surface area contributed by atoms with E-state index in [9.17, 15) is 4.79 Å². The first-order valence-electron chi connectivity index (χ1n) is 5.88. The van der Waals surface area contributed by atoms with Crippen molar-refractivity contribution >= 4 is 5.91 Å². The topological polar surface area (TPSA) is 55.1 Å².